The molecule has 1 heterocycles. The van der Waals surface area contributed by atoms with E-state index in [1.165, 1.54) is 5.56 Å². The van der Waals surface area contributed by atoms with Crippen LogP contribution in [0.3, 0.4) is 0 Å². The van der Waals surface area contributed by atoms with Crippen molar-refractivity contribution in [2.24, 2.45) is 5.10 Å². The first-order valence-corrected chi connectivity index (χ1v) is 10.0. The quantitative estimate of drug-likeness (QED) is 0.428. The molecule has 0 aliphatic carbocycles. The lowest BCUT2D eigenvalue weighted by Gasteiger charge is -2.17. The van der Waals surface area contributed by atoms with Crippen LogP contribution in [0.15, 0.2) is 70.3 Å². The number of hydrogen-bond donors (Lipinski definition) is 1. The summed E-state index contributed by atoms with van der Waals surface area (Å²) in [4.78, 5) is 12.4. The molecule has 0 spiro atoms. The summed E-state index contributed by atoms with van der Waals surface area (Å²) >= 11 is 7.65. The summed E-state index contributed by atoms with van der Waals surface area (Å²) in [6.45, 7) is 2.80. The third-order valence-electron chi connectivity index (χ3n) is 4.19. The largest absolute Gasteiger partial charge is 0.370 e. The average Bonchev–Trinajstić information content (AvgIpc) is 3.06. The molecule has 1 aliphatic heterocycles. The molecule has 2 aromatic rings. The van der Waals surface area contributed by atoms with Crippen LogP contribution in [0.5, 0.6) is 0 Å². The first kappa shape index (κ1) is 19.5. The van der Waals surface area contributed by atoms with E-state index in [-0.39, 0.29) is 5.37 Å². The number of aldehydes is 1. The molecule has 1 N–H and O–H groups in total. The van der Waals surface area contributed by atoms with Gasteiger partial charge in [-0.2, -0.15) is 5.10 Å². The van der Waals surface area contributed by atoms with Gasteiger partial charge in [0.25, 0.3) is 0 Å². The van der Waals surface area contributed by atoms with Gasteiger partial charge in [-0.1, -0.05) is 65.8 Å². The Bertz CT molecular complexity index is 849. The maximum absolute atomic E-state index is 11.5. The Balaban J connectivity index is 1.88. The van der Waals surface area contributed by atoms with Crippen LogP contribution < -0.4 is 5.32 Å². The van der Waals surface area contributed by atoms with E-state index in [9.17, 15) is 4.79 Å². The Morgan fingerprint density at radius 3 is 2.59 bits per heavy atom. The molecule has 0 amide bonds. The maximum atomic E-state index is 11.5. The van der Waals surface area contributed by atoms with Crippen molar-refractivity contribution in [2.45, 2.75) is 18.7 Å². The highest BCUT2D eigenvalue weighted by Gasteiger charge is 2.26. The summed E-state index contributed by atoms with van der Waals surface area (Å²) in [7, 11) is 1.95. The predicted octanol–water partition coefficient (Wildman–Crippen LogP) is 4.31. The van der Waals surface area contributed by atoms with Crippen LogP contribution in [-0.4, -0.2) is 36.0 Å². The number of halogens is 1. The van der Waals surface area contributed by atoms with E-state index in [4.69, 9.17) is 16.7 Å². The van der Waals surface area contributed by atoms with Crippen LogP contribution in [0.4, 0.5) is 0 Å². The Morgan fingerprint density at radius 1 is 1.22 bits per heavy atom. The predicted molar refractivity (Wildman–Crippen MR) is 114 cm³/mol. The van der Waals surface area contributed by atoms with Crippen LogP contribution in [0.25, 0.3) is 0 Å². The molecule has 2 aromatic carbocycles. The van der Waals surface area contributed by atoms with E-state index >= 15 is 0 Å². The van der Waals surface area contributed by atoms with Crippen LogP contribution >= 0.6 is 23.4 Å². The number of hydrazone groups is 1. The Hall–Kier alpha value is -2.24. The van der Waals surface area contributed by atoms with Gasteiger partial charge in [0, 0.05) is 24.2 Å². The van der Waals surface area contributed by atoms with Gasteiger partial charge in [0.1, 0.15) is 5.71 Å². The summed E-state index contributed by atoms with van der Waals surface area (Å²) in [6.07, 6.45) is 1.76. The molecule has 0 saturated heterocycles. The monoisotopic (exact) mass is 399 g/mol. The van der Waals surface area contributed by atoms with Gasteiger partial charge in [0.15, 0.2) is 6.29 Å². The molecular formula is C21H22ClN3OS. The Labute approximate surface area is 169 Å². The standard InChI is InChI=1S/C21H22ClN3OS/c1-15-23-19(14-26)21(27-15)20(17-8-10-18(22)11-9-17)24-25(2)13-12-16-6-4-3-5-7-16/h3-11,14-15,23H,12-13H2,1-2H3/b24-20-. The lowest BCUT2D eigenvalue weighted by molar-refractivity contribution is -0.105. The summed E-state index contributed by atoms with van der Waals surface area (Å²) < 4.78 is 0. The molecule has 0 aromatic heterocycles. The van der Waals surface area contributed by atoms with E-state index in [1.807, 2.05) is 61.4 Å². The first-order valence-electron chi connectivity index (χ1n) is 8.79. The third-order valence-corrected chi connectivity index (χ3v) is 5.56. The summed E-state index contributed by atoms with van der Waals surface area (Å²) in [5, 5.41) is 10.8. The van der Waals surface area contributed by atoms with E-state index in [0.29, 0.717) is 10.7 Å². The Kier molecular flexibility index (Phi) is 6.58. The molecule has 1 aliphatic rings. The second-order valence-corrected chi connectivity index (χ2v) is 8.12. The smallest absolute Gasteiger partial charge is 0.167 e. The van der Waals surface area contributed by atoms with Crippen molar-refractivity contribution < 1.29 is 4.79 Å². The van der Waals surface area contributed by atoms with Gasteiger partial charge in [0.05, 0.1) is 16.0 Å². The molecule has 0 saturated carbocycles. The molecule has 0 fully saturated rings. The van der Waals surface area contributed by atoms with Gasteiger partial charge in [-0.15, -0.1) is 0 Å². The summed E-state index contributed by atoms with van der Waals surface area (Å²) in [5.41, 5.74) is 3.57. The van der Waals surface area contributed by atoms with Crippen LogP contribution in [-0.2, 0) is 11.2 Å². The molecule has 140 valence electrons. The van der Waals surface area contributed by atoms with Gasteiger partial charge in [-0.05, 0) is 31.0 Å². The number of thioether (sulfide) groups is 1. The van der Waals surface area contributed by atoms with Crippen molar-refractivity contribution >= 4 is 35.4 Å². The van der Waals surface area contributed by atoms with Crippen molar-refractivity contribution in [2.75, 3.05) is 13.6 Å². The van der Waals surface area contributed by atoms with Gasteiger partial charge >= 0.3 is 0 Å². The minimum atomic E-state index is 0.132. The number of allylic oxidation sites excluding steroid dienone is 2. The van der Waals surface area contributed by atoms with Gasteiger partial charge in [-0.3, -0.25) is 9.80 Å². The van der Waals surface area contributed by atoms with Crippen molar-refractivity contribution in [1.82, 2.24) is 10.3 Å². The van der Waals surface area contributed by atoms with Gasteiger partial charge in [0.2, 0.25) is 0 Å². The topological polar surface area (TPSA) is 44.7 Å². The zero-order valence-corrected chi connectivity index (χ0v) is 16.9. The lowest BCUT2D eigenvalue weighted by Crippen LogP contribution is -2.19. The number of carbonyl (C=O) groups excluding carboxylic acids is 1. The van der Waals surface area contributed by atoms with Crippen LogP contribution in [0.2, 0.25) is 5.02 Å². The second-order valence-electron chi connectivity index (χ2n) is 6.34. The number of nitrogens with zero attached hydrogens (tertiary/aromatic N) is 2. The molecule has 0 radical (unpaired) electrons. The highest BCUT2D eigenvalue weighted by Crippen LogP contribution is 2.33. The minimum absolute atomic E-state index is 0.132. The normalized spacial score (nSPS) is 17.0. The van der Waals surface area contributed by atoms with E-state index in [1.54, 1.807) is 11.8 Å². The molecule has 27 heavy (non-hydrogen) atoms. The van der Waals surface area contributed by atoms with E-state index in [2.05, 4.69) is 17.4 Å². The van der Waals surface area contributed by atoms with E-state index in [0.717, 1.165) is 35.4 Å². The number of likely N-dealkylation sites (N-methyl/N-ethyl adjacent to an activating group) is 1. The third kappa shape index (κ3) is 5.15. The SMILES string of the molecule is CC1NC(C=O)=C(/C(=N\N(C)CCc2ccccc2)c2ccc(Cl)cc2)S1. The average molecular weight is 400 g/mol. The fraction of sp³-hybridized carbons (Fsp3) is 0.238. The molecule has 6 heteroatoms. The molecule has 1 atom stereocenters. The molecule has 0 bridgehead atoms. The van der Waals surface area contributed by atoms with Gasteiger partial charge < -0.3 is 5.32 Å². The highest BCUT2D eigenvalue weighted by atomic mass is 35.5. The van der Waals surface area contributed by atoms with Crippen LogP contribution in [0, 0.1) is 0 Å². The van der Waals surface area contributed by atoms with E-state index < -0.39 is 0 Å². The molecule has 4 nitrogen and oxygen atoms in total. The number of rotatable bonds is 7. The number of benzene rings is 2. The molecule has 1 unspecified atom stereocenters. The van der Waals surface area contributed by atoms with Crippen molar-refractivity contribution in [1.29, 1.82) is 0 Å². The fourth-order valence-corrected chi connectivity index (χ4v) is 3.99. The Morgan fingerprint density at radius 2 is 1.93 bits per heavy atom. The van der Waals surface area contributed by atoms with Crippen molar-refractivity contribution in [3.8, 4) is 0 Å². The van der Waals surface area contributed by atoms with Gasteiger partial charge in [-0.25, -0.2) is 0 Å². The van der Waals surface area contributed by atoms with Crippen molar-refractivity contribution in [3.05, 3.63) is 81.3 Å². The minimum Gasteiger partial charge on any atom is -0.370 e. The highest BCUT2D eigenvalue weighted by molar-refractivity contribution is 8.04. The first-order chi connectivity index (χ1) is 13.1. The fourth-order valence-electron chi connectivity index (χ4n) is 2.82. The van der Waals surface area contributed by atoms with Crippen molar-refractivity contribution in [3.63, 3.8) is 0 Å². The zero-order chi connectivity index (χ0) is 19.2. The maximum Gasteiger partial charge on any atom is 0.167 e. The summed E-state index contributed by atoms with van der Waals surface area (Å²) in [6, 6.07) is 17.9. The van der Waals surface area contributed by atoms with Crippen LogP contribution in [0.1, 0.15) is 18.1 Å². The molecular weight excluding hydrogens is 378 g/mol. The zero-order valence-electron chi connectivity index (χ0n) is 15.4. The number of hydrogen-bond acceptors (Lipinski definition) is 5. The number of nitrogens with one attached hydrogen (secondary N) is 1. The second kappa shape index (κ2) is 9.11. The summed E-state index contributed by atoms with van der Waals surface area (Å²) in [5.74, 6) is 0. The number of carbonyl (C=O) groups is 1. The lowest BCUT2D eigenvalue weighted by atomic mass is 10.1. The molecule has 3 rings (SSSR count).